The van der Waals surface area contributed by atoms with Crippen molar-refractivity contribution in [2.45, 2.75) is 37.6 Å². The molecule has 1 aromatic rings. The van der Waals surface area contributed by atoms with Gasteiger partial charge in [-0.3, -0.25) is 4.79 Å². The van der Waals surface area contributed by atoms with E-state index in [2.05, 4.69) is 16.4 Å². The monoisotopic (exact) mass is 263 g/mol. The van der Waals surface area contributed by atoms with E-state index in [1.165, 1.54) is 0 Å². The fraction of sp³-hybridized carbons (Fsp3) is 0.462. The van der Waals surface area contributed by atoms with Crippen LogP contribution in [0.1, 0.15) is 37.2 Å². The van der Waals surface area contributed by atoms with E-state index in [1.807, 2.05) is 26.0 Å². The molecule has 4 nitrogen and oxygen atoms in total. The molecule has 1 heterocycles. The van der Waals surface area contributed by atoms with Crippen molar-refractivity contribution in [3.8, 4) is 6.07 Å². The van der Waals surface area contributed by atoms with E-state index in [0.717, 1.165) is 17.1 Å². The van der Waals surface area contributed by atoms with Crippen LogP contribution >= 0.6 is 11.8 Å². The Morgan fingerprint density at radius 1 is 1.61 bits per heavy atom. The molecule has 96 valence electrons. The quantitative estimate of drug-likeness (QED) is 0.801. The summed E-state index contributed by atoms with van der Waals surface area (Å²) in [5.41, 5.74) is 0.445. The fourth-order valence-electron chi connectivity index (χ4n) is 1.49. The first-order valence-corrected chi connectivity index (χ1v) is 6.97. The number of nitrogens with zero attached hydrogens (tertiary/aromatic N) is 2. The molecule has 0 saturated heterocycles. The largest absolute Gasteiger partial charge is 0.347 e. The van der Waals surface area contributed by atoms with Crippen molar-refractivity contribution >= 4 is 17.7 Å². The highest BCUT2D eigenvalue weighted by atomic mass is 32.2. The van der Waals surface area contributed by atoms with Crippen molar-refractivity contribution in [2.24, 2.45) is 0 Å². The molecule has 18 heavy (non-hydrogen) atoms. The van der Waals surface area contributed by atoms with Gasteiger partial charge in [-0.1, -0.05) is 13.8 Å². The average Bonchev–Trinajstić information content (AvgIpc) is 2.39. The van der Waals surface area contributed by atoms with E-state index < -0.39 is 0 Å². The van der Waals surface area contributed by atoms with Crippen LogP contribution in [-0.4, -0.2) is 22.7 Å². The van der Waals surface area contributed by atoms with Crippen LogP contribution in [0.3, 0.4) is 0 Å². The molecule has 0 fully saturated rings. The van der Waals surface area contributed by atoms with Crippen molar-refractivity contribution in [3.05, 3.63) is 24.0 Å². The highest BCUT2D eigenvalue weighted by Gasteiger charge is 2.16. The van der Waals surface area contributed by atoms with Gasteiger partial charge in [0.15, 0.2) is 0 Å². The van der Waals surface area contributed by atoms with Gasteiger partial charge in [-0.25, -0.2) is 4.98 Å². The average molecular weight is 263 g/mol. The third kappa shape index (κ3) is 4.04. The van der Waals surface area contributed by atoms with Crippen LogP contribution in [0.25, 0.3) is 0 Å². The van der Waals surface area contributed by atoms with E-state index >= 15 is 0 Å². The number of hydrogen-bond acceptors (Lipinski definition) is 4. The highest BCUT2D eigenvalue weighted by molar-refractivity contribution is 7.99. The molecule has 1 amide bonds. The summed E-state index contributed by atoms with van der Waals surface area (Å²) in [6, 6.07) is 5.68. The van der Waals surface area contributed by atoms with Crippen molar-refractivity contribution in [1.29, 1.82) is 5.26 Å². The number of nitriles is 1. The van der Waals surface area contributed by atoms with Gasteiger partial charge in [-0.2, -0.15) is 5.26 Å². The second-order valence-corrected chi connectivity index (χ2v) is 5.03. The first kappa shape index (κ1) is 14.5. The lowest BCUT2D eigenvalue weighted by atomic mass is 10.1. The molecule has 0 aliphatic heterocycles. The summed E-state index contributed by atoms with van der Waals surface area (Å²) in [5.74, 6) is 0.690. The van der Waals surface area contributed by atoms with Crippen molar-refractivity contribution in [3.63, 3.8) is 0 Å². The Bertz CT molecular complexity index is 442. The van der Waals surface area contributed by atoms with Gasteiger partial charge in [0.05, 0.1) is 12.5 Å². The summed E-state index contributed by atoms with van der Waals surface area (Å²) in [7, 11) is 0. The number of carbonyl (C=O) groups is 1. The second kappa shape index (κ2) is 7.72. The number of nitrogens with one attached hydrogen (secondary N) is 1. The van der Waals surface area contributed by atoms with Crippen LogP contribution in [0, 0.1) is 11.3 Å². The zero-order chi connectivity index (χ0) is 13.4. The van der Waals surface area contributed by atoms with E-state index in [4.69, 9.17) is 5.26 Å². The van der Waals surface area contributed by atoms with Crippen molar-refractivity contribution < 1.29 is 4.79 Å². The fourth-order valence-corrected chi connectivity index (χ4v) is 2.26. The van der Waals surface area contributed by atoms with Gasteiger partial charge in [0.25, 0.3) is 5.91 Å². The summed E-state index contributed by atoms with van der Waals surface area (Å²) in [5, 5.41) is 11.5. The van der Waals surface area contributed by atoms with Crippen LogP contribution in [0.2, 0.25) is 0 Å². The smallest absolute Gasteiger partial charge is 0.271 e. The minimum absolute atomic E-state index is 0.107. The number of amides is 1. The molecule has 0 saturated carbocycles. The molecular formula is C13H17N3OS. The first-order chi connectivity index (χ1) is 8.72. The van der Waals surface area contributed by atoms with Gasteiger partial charge in [-0.05, 0) is 24.3 Å². The molecule has 0 bridgehead atoms. The Kier molecular flexibility index (Phi) is 6.23. The molecule has 0 aliphatic carbocycles. The minimum atomic E-state index is -0.200. The van der Waals surface area contributed by atoms with E-state index in [1.54, 1.807) is 18.0 Å². The molecule has 5 heteroatoms. The van der Waals surface area contributed by atoms with E-state index in [0.29, 0.717) is 12.1 Å². The van der Waals surface area contributed by atoms with Gasteiger partial charge in [-0.15, -0.1) is 11.8 Å². The summed E-state index contributed by atoms with van der Waals surface area (Å²) >= 11 is 1.59. The molecule has 0 aliphatic rings. The lowest BCUT2D eigenvalue weighted by molar-refractivity contribution is 0.0928. The number of carbonyl (C=O) groups excluding carboxylic acids is 1. The van der Waals surface area contributed by atoms with Gasteiger partial charge >= 0.3 is 0 Å². The minimum Gasteiger partial charge on any atom is -0.347 e. The van der Waals surface area contributed by atoms with Crippen molar-refractivity contribution in [1.82, 2.24) is 10.3 Å². The van der Waals surface area contributed by atoms with Gasteiger partial charge < -0.3 is 5.32 Å². The van der Waals surface area contributed by atoms with Gasteiger partial charge in [0.2, 0.25) is 0 Å². The van der Waals surface area contributed by atoms with E-state index in [-0.39, 0.29) is 11.9 Å². The zero-order valence-corrected chi connectivity index (χ0v) is 11.5. The predicted molar refractivity (Wildman–Crippen MR) is 72.4 cm³/mol. The number of rotatable bonds is 6. The maximum atomic E-state index is 12.1. The van der Waals surface area contributed by atoms with Gasteiger partial charge in [0.1, 0.15) is 5.69 Å². The normalized spacial score (nSPS) is 11.6. The molecule has 0 aromatic carbocycles. The van der Waals surface area contributed by atoms with Crippen LogP contribution < -0.4 is 5.32 Å². The number of hydrogen-bond donors (Lipinski definition) is 1. The molecule has 1 unspecified atom stereocenters. The highest BCUT2D eigenvalue weighted by Crippen LogP contribution is 2.20. The summed E-state index contributed by atoms with van der Waals surface area (Å²) in [4.78, 5) is 17.1. The van der Waals surface area contributed by atoms with Crippen LogP contribution in [0.15, 0.2) is 23.2 Å². The maximum absolute atomic E-state index is 12.1. The summed E-state index contributed by atoms with van der Waals surface area (Å²) in [6.45, 7) is 3.98. The SMILES string of the molecule is CCSc1cccnc1C(=O)NC(CC)CC#N. The standard InChI is InChI=1S/C13H17N3OS/c1-3-10(7-8-14)16-13(17)12-11(18-4-2)6-5-9-15-12/h5-6,9-10H,3-4,7H2,1-2H3,(H,16,17). The number of aromatic nitrogens is 1. The Morgan fingerprint density at radius 2 is 2.39 bits per heavy atom. The zero-order valence-electron chi connectivity index (χ0n) is 10.6. The molecule has 1 rings (SSSR count). The number of thioether (sulfide) groups is 1. The number of pyridine rings is 1. The second-order valence-electron chi connectivity index (χ2n) is 3.72. The summed E-state index contributed by atoms with van der Waals surface area (Å²) < 4.78 is 0. The van der Waals surface area contributed by atoms with Crippen LogP contribution in [0.4, 0.5) is 0 Å². The van der Waals surface area contributed by atoms with Crippen LogP contribution in [0.5, 0.6) is 0 Å². The topological polar surface area (TPSA) is 65.8 Å². The Labute approximate surface area is 112 Å². The van der Waals surface area contributed by atoms with Crippen molar-refractivity contribution in [2.75, 3.05) is 5.75 Å². The maximum Gasteiger partial charge on any atom is 0.271 e. The van der Waals surface area contributed by atoms with Gasteiger partial charge in [0, 0.05) is 17.1 Å². The lowest BCUT2D eigenvalue weighted by Crippen LogP contribution is -2.34. The molecule has 0 spiro atoms. The summed E-state index contributed by atoms with van der Waals surface area (Å²) in [6.07, 6.45) is 2.67. The molecule has 1 atom stereocenters. The Morgan fingerprint density at radius 3 is 3.00 bits per heavy atom. The molecule has 1 aromatic heterocycles. The first-order valence-electron chi connectivity index (χ1n) is 5.98. The lowest BCUT2D eigenvalue weighted by Gasteiger charge is -2.14. The third-order valence-electron chi connectivity index (χ3n) is 2.45. The molecular weight excluding hydrogens is 246 g/mol. The third-order valence-corrected chi connectivity index (χ3v) is 3.38. The molecule has 1 N–H and O–H groups in total. The predicted octanol–water partition coefficient (Wildman–Crippen LogP) is 2.62. The van der Waals surface area contributed by atoms with Crippen LogP contribution in [-0.2, 0) is 0 Å². The Hall–Kier alpha value is -1.54. The van der Waals surface area contributed by atoms with E-state index in [9.17, 15) is 4.79 Å². The molecule has 0 radical (unpaired) electrons. The Balaban J connectivity index is 2.80.